The van der Waals surface area contributed by atoms with Gasteiger partial charge in [0.05, 0.1) is 12.2 Å². The van der Waals surface area contributed by atoms with Crippen LogP contribution in [-0.2, 0) is 10.1 Å². The zero-order chi connectivity index (χ0) is 11.4. The molecule has 82 valence electrons. The largest absolute Gasteiger partial charge is 0.462 e. The van der Waals surface area contributed by atoms with Gasteiger partial charge in [-0.2, -0.15) is 0 Å². The summed E-state index contributed by atoms with van der Waals surface area (Å²) in [6.07, 6.45) is 0. The van der Waals surface area contributed by atoms with E-state index < -0.39 is 5.97 Å². The molecule has 0 saturated carbocycles. The van der Waals surface area contributed by atoms with Crippen LogP contribution in [0.5, 0.6) is 0 Å². The van der Waals surface area contributed by atoms with Crippen molar-refractivity contribution in [3.63, 3.8) is 0 Å². The first-order chi connectivity index (χ1) is 7.10. The Morgan fingerprint density at radius 2 is 2.20 bits per heavy atom. The molecule has 2 N–H and O–H groups in total. The Labute approximate surface area is 105 Å². The number of benzene rings is 1. The molecule has 0 atom stereocenters. The molecule has 5 heteroatoms. The maximum atomic E-state index is 11.5. The second-order valence-electron chi connectivity index (χ2n) is 2.88. The van der Waals surface area contributed by atoms with Gasteiger partial charge < -0.3 is 10.5 Å². The molecule has 0 aliphatic heterocycles. The summed E-state index contributed by atoms with van der Waals surface area (Å²) in [6, 6.07) is 3.44. The Bertz CT molecular complexity index is 380. The van der Waals surface area contributed by atoms with Crippen LogP contribution < -0.4 is 5.73 Å². The van der Waals surface area contributed by atoms with E-state index in [9.17, 15) is 4.79 Å². The topological polar surface area (TPSA) is 52.3 Å². The third kappa shape index (κ3) is 2.95. The lowest BCUT2D eigenvalue weighted by molar-refractivity contribution is 0.0527. The molecule has 0 radical (unpaired) electrons. The molecule has 3 nitrogen and oxygen atoms in total. The lowest BCUT2D eigenvalue weighted by atomic mass is 10.1. The summed E-state index contributed by atoms with van der Waals surface area (Å²) < 4.78 is 5.73. The van der Waals surface area contributed by atoms with Crippen LogP contribution in [0.1, 0.15) is 22.8 Å². The second kappa shape index (κ2) is 5.51. The van der Waals surface area contributed by atoms with Crippen LogP contribution in [0, 0.1) is 0 Å². The van der Waals surface area contributed by atoms with Crippen molar-refractivity contribution in [1.82, 2.24) is 0 Å². The van der Waals surface area contributed by atoms with Crippen LogP contribution in [0.4, 0.5) is 5.69 Å². The predicted molar refractivity (Wildman–Crippen MR) is 67.1 cm³/mol. The van der Waals surface area contributed by atoms with E-state index in [4.69, 9.17) is 10.5 Å². The number of anilines is 1. The van der Waals surface area contributed by atoms with Crippen molar-refractivity contribution in [3.05, 3.63) is 27.7 Å². The van der Waals surface area contributed by atoms with E-state index in [1.54, 1.807) is 19.1 Å². The highest BCUT2D eigenvalue weighted by molar-refractivity contribution is 9.10. The monoisotopic (exact) mass is 335 g/mol. The molecular weight excluding hydrogens is 326 g/mol. The van der Waals surface area contributed by atoms with Crippen molar-refractivity contribution in [1.29, 1.82) is 0 Å². The van der Waals surface area contributed by atoms with Gasteiger partial charge in [0.15, 0.2) is 0 Å². The number of hydrogen-bond acceptors (Lipinski definition) is 3. The van der Waals surface area contributed by atoms with Crippen LogP contribution in [-0.4, -0.2) is 12.6 Å². The van der Waals surface area contributed by atoms with Gasteiger partial charge in [-0.05, 0) is 24.6 Å². The minimum atomic E-state index is -0.392. The highest BCUT2D eigenvalue weighted by Gasteiger charge is 2.13. The minimum Gasteiger partial charge on any atom is -0.462 e. The van der Waals surface area contributed by atoms with Crippen molar-refractivity contribution in [2.24, 2.45) is 0 Å². The molecule has 0 unspecified atom stereocenters. The average Bonchev–Trinajstić information content (AvgIpc) is 2.21. The van der Waals surface area contributed by atoms with Gasteiger partial charge in [-0.3, -0.25) is 0 Å². The fourth-order valence-corrected chi connectivity index (χ4v) is 2.45. The van der Waals surface area contributed by atoms with Gasteiger partial charge in [-0.15, -0.1) is 0 Å². The van der Waals surface area contributed by atoms with Gasteiger partial charge in [0.2, 0.25) is 0 Å². The fraction of sp³-hybridized carbons (Fsp3) is 0.300. The Morgan fingerprint density at radius 3 is 2.73 bits per heavy atom. The Kier molecular flexibility index (Phi) is 4.60. The molecule has 0 aliphatic rings. The summed E-state index contributed by atoms with van der Waals surface area (Å²) in [5.41, 5.74) is 7.59. The number of carbonyl (C=O) groups excluding carboxylic acids is 1. The number of alkyl halides is 1. The number of nitrogens with two attached hydrogens (primary N) is 1. The van der Waals surface area contributed by atoms with E-state index >= 15 is 0 Å². The number of halogens is 2. The summed E-state index contributed by atoms with van der Waals surface area (Å²) in [5.74, 6) is -0.392. The van der Waals surface area contributed by atoms with E-state index in [2.05, 4.69) is 31.9 Å². The first kappa shape index (κ1) is 12.5. The van der Waals surface area contributed by atoms with E-state index in [1.807, 2.05) is 0 Å². The molecule has 0 aromatic heterocycles. The van der Waals surface area contributed by atoms with Crippen molar-refractivity contribution in [3.8, 4) is 0 Å². The molecule has 0 saturated heterocycles. The third-order valence-corrected chi connectivity index (χ3v) is 3.20. The molecule has 1 aromatic carbocycles. The minimum absolute atomic E-state index is 0.343. The lowest BCUT2D eigenvalue weighted by Crippen LogP contribution is -2.08. The van der Waals surface area contributed by atoms with Crippen LogP contribution in [0.15, 0.2) is 16.6 Å². The van der Waals surface area contributed by atoms with Crippen molar-refractivity contribution in [2.45, 2.75) is 12.3 Å². The predicted octanol–water partition coefficient (Wildman–Crippen LogP) is 3.10. The van der Waals surface area contributed by atoms with E-state index in [1.165, 1.54) is 0 Å². The lowest BCUT2D eigenvalue weighted by Gasteiger charge is -2.08. The Hall–Kier alpha value is -0.550. The normalized spacial score (nSPS) is 10.1. The Balaban J connectivity index is 3.10. The van der Waals surface area contributed by atoms with E-state index in [0.717, 1.165) is 10.0 Å². The van der Waals surface area contributed by atoms with Crippen LogP contribution in [0.3, 0.4) is 0 Å². The second-order valence-corrected chi connectivity index (χ2v) is 4.30. The summed E-state index contributed by atoms with van der Waals surface area (Å²) >= 11 is 6.70. The van der Waals surface area contributed by atoms with Crippen molar-refractivity contribution >= 4 is 43.5 Å². The first-order valence-electron chi connectivity index (χ1n) is 4.41. The maximum Gasteiger partial charge on any atom is 0.340 e. The number of ether oxygens (including phenoxy) is 1. The van der Waals surface area contributed by atoms with Crippen molar-refractivity contribution < 1.29 is 9.53 Å². The number of rotatable bonds is 3. The summed E-state index contributed by atoms with van der Waals surface area (Å²) in [7, 11) is 0. The molecule has 1 rings (SSSR count). The van der Waals surface area contributed by atoms with Crippen LogP contribution in [0.2, 0.25) is 0 Å². The Morgan fingerprint density at radius 1 is 1.53 bits per heavy atom. The fourth-order valence-electron chi connectivity index (χ4n) is 1.13. The van der Waals surface area contributed by atoms with E-state index in [0.29, 0.717) is 23.2 Å². The molecule has 0 heterocycles. The van der Waals surface area contributed by atoms with Gasteiger partial charge in [0.1, 0.15) is 0 Å². The maximum absolute atomic E-state index is 11.5. The molecule has 1 aromatic rings. The zero-order valence-corrected chi connectivity index (χ0v) is 11.4. The average molecular weight is 337 g/mol. The van der Waals surface area contributed by atoms with Crippen LogP contribution >= 0.6 is 31.9 Å². The van der Waals surface area contributed by atoms with Gasteiger partial charge in [0.25, 0.3) is 0 Å². The highest BCUT2D eigenvalue weighted by Crippen LogP contribution is 2.26. The molecule has 0 aliphatic carbocycles. The SMILES string of the molecule is CCOC(=O)c1cc(Br)c(CBr)cc1N. The molecular formula is C10H11Br2NO2. The zero-order valence-electron chi connectivity index (χ0n) is 8.22. The number of esters is 1. The summed E-state index contributed by atoms with van der Waals surface area (Å²) in [6.45, 7) is 2.10. The van der Waals surface area contributed by atoms with Gasteiger partial charge in [0, 0.05) is 15.5 Å². The van der Waals surface area contributed by atoms with Crippen molar-refractivity contribution in [2.75, 3.05) is 12.3 Å². The molecule has 0 amide bonds. The van der Waals surface area contributed by atoms with E-state index in [-0.39, 0.29) is 0 Å². The summed E-state index contributed by atoms with van der Waals surface area (Å²) in [4.78, 5) is 11.5. The number of nitrogen functional groups attached to an aromatic ring is 1. The molecule has 0 fully saturated rings. The van der Waals surface area contributed by atoms with Gasteiger partial charge in [-0.1, -0.05) is 31.9 Å². The number of carbonyl (C=O) groups is 1. The smallest absolute Gasteiger partial charge is 0.340 e. The van der Waals surface area contributed by atoms with Crippen LogP contribution in [0.25, 0.3) is 0 Å². The molecule has 15 heavy (non-hydrogen) atoms. The first-order valence-corrected chi connectivity index (χ1v) is 6.32. The molecule has 0 bridgehead atoms. The summed E-state index contributed by atoms with van der Waals surface area (Å²) in [5, 5.41) is 0.681. The highest BCUT2D eigenvalue weighted by atomic mass is 79.9. The van der Waals surface area contributed by atoms with Gasteiger partial charge >= 0.3 is 5.97 Å². The van der Waals surface area contributed by atoms with Gasteiger partial charge in [-0.25, -0.2) is 4.79 Å². The molecule has 0 spiro atoms. The number of hydrogen-bond donors (Lipinski definition) is 1. The third-order valence-electron chi connectivity index (χ3n) is 1.86. The quantitative estimate of drug-likeness (QED) is 0.524. The standard InChI is InChI=1S/C10H11Br2NO2/c1-2-15-10(14)7-4-8(12)6(5-11)3-9(7)13/h3-4H,2,5,13H2,1H3.